The van der Waals surface area contributed by atoms with E-state index >= 15 is 0 Å². The molecular formula is C25H29Cl2N3O. The van der Waals surface area contributed by atoms with Crippen LogP contribution in [0.2, 0.25) is 10.0 Å². The van der Waals surface area contributed by atoms with Gasteiger partial charge in [0, 0.05) is 17.0 Å². The molecule has 1 aliphatic carbocycles. The van der Waals surface area contributed by atoms with Crippen LogP contribution in [0.1, 0.15) is 63.5 Å². The molecule has 164 valence electrons. The van der Waals surface area contributed by atoms with E-state index in [4.69, 9.17) is 28.3 Å². The Morgan fingerprint density at radius 2 is 1.71 bits per heavy atom. The minimum atomic E-state index is -0.114. The number of halogens is 2. The van der Waals surface area contributed by atoms with Gasteiger partial charge < -0.3 is 5.32 Å². The Kier molecular flexibility index (Phi) is 7.19. The van der Waals surface area contributed by atoms with Crippen molar-refractivity contribution >= 4 is 40.5 Å². The highest BCUT2D eigenvalue weighted by atomic mass is 35.5. The monoisotopic (exact) mass is 457 g/mol. The second kappa shape index (κ2) is 10.1. The molecule has 4 rings (SSSR count). The number of hydrazone groups is 1. The molecule has 1 N–H and O–H groups in total. The van der Waals surface area contributed by atoms with E-state index in [1.807, 2.05) is 53.5 Å². The van der Waals surface area contributed by atoms with Crippen LogP contribution < -0.4 is 10.3 Å². The summed E-state index contributed by atoms with van der Waals surface area (Å²) in [6.45, 7) is 2.11. The van der Waals surface area contributed by atoms with Crippen LogP contribution in [-0.4, -0.2) is 17.7 Å². The van der Waals surface area contributed by atoms with Crippen LogP contribution in [0.5, 0.6) is 0 Å². The number of rotatable bonds is 5. The zero-order valence-corrected chi connectivity index (χ0v) is 19.4. The molecular weight excluding hydrogens is 429 g/mol. The molecule has 0 radical (unpaired) electrons. The van der Waals surface area contributed by atoms with E-state index in [-0.39, 0.29) is 23.9 Å². The van der Waals surface area contributed by atoms with Crippen molar-refractivity contribution in [1.82, 2.24) is 5.32 Å². The first-order valence-electron chi connectivity index (χ1n) is 11.3. The number of benzene rings is 2. The fraction of sp³-hybridized carbons (Fsp3) is 0.440. The highest BCUT2D eigenvalue weighted by Gasteiger charge is 2.41. The van der Waals surface area contributed by atoms with Gasteiger partial charge in [0.05, 0.1) is 16.8 Å². The van der Waals surface area contributed by atoms with Crippen LogP contribution in [0.25, 0.3) is 0 Å². The van der Waals surface area contributed by atoms with Gasteiger partial charge in [-0.3, -0.25) is 9.80 Å². The average molecular weight is 458 g/mol. The number of anilines is 1. The summed E-state index contributed by atoms with van der Waals surface area (Å²) in [6.07, 6.45) is 7.75. The molecule has 0 spiro atoms. The number of para-hydroxylation sites is 1. The SMILES string of the molecule is CCC1C(C(=O)NC2CCCCCC2)=NN(c2ccccc2Cl)C1c1ccc(Cl)cc1. The van der Waals surface area contributed by atoms with E-state index in [1.54, 1.807) is 0 Å². The highest BCUT2D eigenvalue weighted by Crippen LogP contribution is 2.43. The minimum Gasteiger partial charge on any atom is -0.348 e. The van der Waals surface area contributed by atoms with E-state index in [2.05, 4.69) is 12.2 Å². The van der Waals surface area contributed by atoms with Gasteiger partial charge in [0.25, 0.3) is 5.91 Å². The van der Waals surface area contributed by atoms with Gasteiger partial charge in [0.1, 0.15) is 5.71 Å². The standard InChI is InChI=1S/C25H29Cl2N3O/c1-2-20-23(25(31)28-19-9-5-3-4-6-10-19)29-30(22-12-8-7-11-21(22)27)24(20)17-13-15-18(26)16-14-17/h7-8,11-16,19-20,24H,2-6,9-10H2,1H3,(H,28,31). The Hall–Kier alpha value is -2.04. The van der Waals surface area contributed by atoms with Crippen molar-refractivity contribution in [1.29, 1.82) is 0 Å². The van der Waals surface area contributed by atoms with Gasteiger partial charge in [-0.05, 0) is 49.1 Å². The topological polar surface area (TPSA) is 44.7 Å². The molecule has 0 aromatic heterocycles. The number of carbonyl (C=O) groups is 1. The molecule has 0 bridgehead atoms. The van der Waals surface area contributed by atoms with Crippen molar-refractivity contribution in [3.63, 3.8) is 0 Å². The molecule has 0 saturated heterocycles. The molecule has 2 aliphatic rings. The third-order valence-corrected chi connectivity index (χ3v) is 6.96. The summed E-state index contributed by atoms with van der Waals surface area (Å²) in [7, 11) is 0. The molecule has 31 heavy (non-hydrogen) atoms. The Morgan fingerprint density at radius 3 is 2.35 bits per heavy atom. The average Bonchev–Trinajstić information content (AvgIpc) is 2.97. The maximum atomic E-state index is 13.4. The molecule has 1 heterocycles. The van der Waals surface area contributed by atoms with E-state index in [9.17, 15) is 4.79 Å². The van der Waals surface area contributed by atoms with Crippen LogP contribution in [0.4, 0.5) is 5.69 Å². The number of hydrogen-bond donors (Lipinski definition) is 1. The molecule has 2 aromatic carbocycles. The predicted octanol–water partition coefficient (Wildman–Crippen LogP) is 6.78. The summed E-state index contributed by atoms with van der Waals surface area (Å²) in [4.78, 5) is 13.4. The van der Waals surface area contributed by atoms with Gasteiger partial charge in [0.2, 0.25) is 0 Å². The molecule has 1 fully saturated rings. The third-order valence-electron chi connectivity index (χ3n) is 6.38. The first kappa shape index (κ1) is 22.2. The van der Waals surface area contributed by atoms with Crippen molar-refractivity contribution in [3.8, 4) is 0 Å². The van der Waals surface area contributed by atoms with Crippen molar-refractivity contribution in [3.05, 3.63) is 64.1 Å². The van der Waals surface area contributed by atoms with Gasteiger partial charge in [-0.2, -0.15) is 5.10 Å². The highest BCUT2D eigenvalue weighted by molar-refractivity contribution is 6.41. The van der Waals surface area contributed by atoms with Gasteiger partial charge in [0.15, 0.2) is 0 Å². The van der Waals surface area contributed by atoms with Gasteiger partial charge in [-0.25, -0.2) is 0 Å². The molecule has 1 saturated carbocycles. The lowest BCUT2D eigenvalue weighted by Crippen LogP contribution is -2.41. The predicted molar refractivity (Wildman–Crippen MR) is 129 cm³/mol. The number of amides is 1. The summed E-state index contributed by atoms with van der Waals surface area (Å²) < 4.78 is 0. The first-order valence-corrected chi connectivity index (χ1v) is 12.0. The molecule has 2 unspecified atom stereocenters. The maximum absolute atomic E-state index is 13.4. The van der Waals surface area contributed by atoms with Crippen molar-refractivity contribution < 1.29 is 4.79 Å². The number of hydrogen-bond acceptors (Lipinski definition) is 3. The fourth-order valence-corrected chi connectivity index (χ4v) is 5.11. The van der Waals surface area contributed by atoms with Crippen LogP contribution >= 0.6 is 23.2 Å². The second-order valence-corrected chi connectivity index (χ2v) is 9.30. The van der Waals surface area contributed by atoms with E-state index in [0.717, 1.165) is 30.5 Å². The van der Waals surface area contributed by atoms with Gasteiger partial charge in [-0.15, -0.1) is 0 Å². The zero-order chi connectivity index (χ0) is 21.8. The Balaban J connectivity index is 1.68. The Morgan fingerprint density at radius 1 is 1.03 bits per heavy atom. The smallest absolute Gasteiger partial charge is 0.268 e. The minimum absolute atomic E-state index is 0.0387. The van der Waals surface area contributed by atoms with E-state index < -0.39 is 0 Å². The summed E-state index contributed by atoms with van der Waals surface area (Å²) in [6, 6.07) is 15.6. The molecule has 1 amide bonds. The normalized spacial score (nSPS) is 22.2. The lowest BCUT2D eigenvalue weighted by atomic mass is 9.87. The summed E-state index contributed by atoms with van der Waals surface area (Å²) in [5.74, 6) is -0.0875. The maximum Gasteiger partial charge on any atom is 0.268 e. The van der Waals surface area contributed by atoms with Gasteiger partial charge >= 0.3 is 0 Å². The number of nitrogens with zero attached hydrogens (tertiary/aromatic N) is 2. The van der Waals surface area contributed by atoms with Crippen LogP contribution in [0.3, 0.4) is 0 Å². The molecule has 2 aromatic rings. The largest absolute Gasteiger partial charge is 0.348 e. The Bertz CT molecular complexity index is 936. The number of nitrogens with one attached hydrogen (secondary N) is 1. The third kappa shape index (κ3) is 4.91. The quantitative estimate of drug-likeness (QED) is 0.502. The molecule has 6 heteroatoms. The van der Waals surface area contributed by atoms with Crippen molar-refractivity contribution in [2.45, 2.75) is 64.0 Å². The fourth-order valence-electron chi connectivity index (χ4n) is 4.76. The first-order chi connectivity index (χ1) is 15.1. The summed E-state index contributed by atoms with van der Waals surface area (Å²) in [5, 5.41) is 11.4. The number of carbonyl (C=O) groups excluding carboxylic acids is 1. The molecule has 4 nitrogen and oxygen atoms in total. The van der Waals surface area contributed by atoms with Crippen molar-refractivity contribution in [2.24, 2.45) is 11.0 Å². The van der Waals surface area contributed by atoms with Crippen molar-refractivity contribution in [2.75, 3.05) is 5.01 Å². The lowest BCUT2D eigenvalue weighted by molar-refractivity contribution is -0.115. The zero-order valence-electron chi connectivity index (χ0n) is 17.9. The molecule has 1 aliphatic heterocycles. The van der Waals surface area contributed by atoms with Crippen LogP contribution in [-0.2, 0) is 4.79 Å². The summed E-state index contributed by atoms with van der Waals surface area (Å²) in [5.41, 5.74) is 2.46. The van der Waals surface area contributed by atoms with E-state index in [0.29, 0.717) is 15.8 Å². The summed E-state index contributed by atoms with van der Waals surface area (Å²) >= 11 is 12.7. The van der Waals surface area contributed by atoms with E-state index in [1.165, 1.54) is 25.7 Å². The van der Waals surface area contributed by atoms with Crippen LogP contribution in [0.15, 0.2) is 53.6 Å². The second-order valence-electron chi connectivity index (χ2n) is 8.45. The lowest BCUT2D eigenvalue weighted by Gasteiger charge is -2.28. The van der Waals surface area contributed by atoms with Gasteiger partial charge in [-0.1, -0.05) is 80.1 Å². The Labute approximate surface area is 194 Å². The van der Waals surface area contributed by atoms with Crippen LogP contribution in [0, 0.1) is 5.92 Å². The molecule has 2 atom stereocenters.